The molecule has 7 nitrogen and oxygen atoms in total. The minimum Gasteiger partial charge on any atom is -0.396 e. The summed E-state index contributed by atoms with van der Waals surface area (Å²) in [5.41, 5.74) is 2.05. The average Bonchev–Trinajstić information content (AvgIpc) is 2.38. The fraction of sp³-hybridized carbons (Fsp3) is 0.600. The number of alkyl halides is 3. The number of methoxy groups -OCH3 is 1. The van der Waals surface area contributed by atoms with Crippen LogP contribution in [0.25, 0.3) is 0 Å². The Labute approximate surface area is 113 Å². The molecule has 0 saturated carbocycles. The van der Waals surface area contributed by atoms with E-state index >= 15 is 0 Å². The first-order valence-electron chi connectivity index (χ1n) is 5.70. The van der Waals surface area contributed by atoms with Crippen molar-refractivity contribution in [2.45, 2.75) is 18.6 Å². The number of rotatable bonds is 7. The fourth-order valence-corrected chi connectivity index (χ4v) is 1.49. The lowest BCUT2D eigenvalue weighted by Crippen LogP contribution is -2.27. The van der Waals surface area contributed by atoms with E-state index in [-0.39, 0.29) is 30.9 Å². The summed E-state index contributed by atoms with van der Waals surface area (Å²) in [5.74, 6) is 3.54. The molecule has 0 radical (unpaired) electrons. The Morgan fingerprint density at radius 1 is 1.40 bits per heavy atom. The lowest BCUT2D eigenvalue weighted by molar-refractivity contribution is -0.144. The first-order chi connectivity index (χ1) is 9.40. The van der Waals surface area contributed by atoms with Crippen molar-refractivity contribution in [1.82, 2.24) is 9.97 Å². The predicted octanol–water partition coefficient (Wildman–Crippen LogP) is 0.590. The van der Waals surface area contributed by atoms with Crippen LogP contribution in [-0.2, 0) is 10.9 Å². The van der Waals surface area contributed by atoms with E-state index in [1.54, 1.807) is 0 Å². The van der Waals surface area contributed by atoms with Gasteiger partial charge in [-0.2, -0.15) is 13.2 Å². The van der Waals surface area contributed by atoms with Crippen molar-refractivity contribution in [3.05, 3.63) is 11.9 Å². The van der Waals surface area contributed by atoms with E-state index < -0.39 is 12.0 Å². The molecule has 1 atom stereocenters. The molecular weight excluding hydrogens is 279 g/mol. The molecule has 5 N–H and O–H groups in total. The molecular formula is C10H16F3N5O2. The summed E-state index contributed by atoms with van der Waals surface area (Å²) in [6, 6.07) is 0.849. The number of halogens is 3. The Morgan fingerprint density at radius 2 is 2.05 bits per heavy atom. The Bertz CT molecular complexity index is 424. The van der Waals surface area contributed by atoms with E-state index in [9.17, 15) is 13.2 Å². The third-order valence-electron chi connectivity index (χ3n) is 2.32. The number of hydrazine groups is 1. The zero-order valence-electron chi connectivity index (χ0n) is 10.7. The zero-order chi connectivity index (χ0) is 15.2. The minimum atomic E-state index is -4.68. The van der Waals surface area contributed by atoms with Crippen LogP contribution in [0, 0.1) is 0 Å². The standard InChI is InChI=1S/C10H16F3N5O2/c1-20-5-6(2-3-19)15-7-4-8(18-14)17-9(16-7)10(11,12)13/h4,6,19H,2-3,5,14H2,1H3,(H2,15,16,17,18). The maximum atomic E-state index is 12.6. The van der Waals surface area contributed by atoms with Gasteiger partial charge in [0.25, 0.3) is 0 Å². The highest BCUT2D eigenvalue weighted by atomic mass is 19.4. The smallest absolute Gasteiger partial charge is 0.396 e. The van der Waals surface area contributed by atoms with Gasteiger partial charge in [0.1, 0.15) is 11.6 Å². The third kappa shape index (κ3) is 4.79. The van der Waals surface area contributed by atoms with Crippen molar-refractivity contribution in [3.63, 3.8) is 0 Å². The molecule has 114 valence electrons. The number of nitrogens with zero attached hydrogens (tertiary/aromatic N) is 2. The van der Waals surface area contributed by atoms with Gasteiger partial charge in [0.15, 0.2) is 0 Å². The van der Waals surface area contributed by atoms with Crippen LogP contribution in [0.4, 0.5) is 24.8 Å². The van der Waals surface area contributed by atoms with Crippen LogP contribution in [0.1, 0.15) is 12.2 Å². The normalized spacial score (nSPS) is 13.1. The molecule has 1 rings (SSSR count). The third-order valence-corrected chi connectivity index (χ3v) is 2.32. The molecule has 1 aromatic rings. The van der Waals surface area contributed by atoms with Crippen molar-refractivity contribution in [1.29, 1.82) is 0 Å². The van der Waals surface area contributed by atoms with Crippen molar-refractivity contribution >= 4 is 11.6 Å². The maximum Gasteiger partial charge on any atom is 0.451 e. The van der Waals surface area contributed by atoms with Crippen LogP contribution >= 0.6 is 0 Å². The Morgan fingerprint density at radius 3 is 2.55 bits per heavy atom. The number of anilines is 2. The number of aromatic nitrogens is 2. The molecule has 0 aliphatic rings. The van der Waals surface area contributed by atoms with E-state index in [1.807, 2.05) is 5.43 Å². The van der Waals surface area contributed by atoms with Gasteiger partial charge in [0, 0.05) is 19.8 Å². The average molecular weight is 295 g/mol. The van der Waals surface area contributed by atoms with Gasteiger partial charge in [-0.3, -0.25) is 0 Å². The van der Waals surface area contributed by atoms with E-state index in [4.69, 9.17) is 15.7 Å². The summed E-state index contributed by atoms with van der Waals surface area (Å²) in [4.78, 5) is 6.61. The number of hydrogen-bond donors (Lipinski definition) is 4. The first kappa shape index (κ1) is 16.4. The van der Waals surface area contributed by atoms with E-state index in [0.29, 0.717) is 6.42 Å². The van der Waals surface area contributed by atoms with Crippen molar-refractivity contribution < 1.29 is 23.0 Å². The number of aliphatic hydroxyl groups is 1. The van der Waals surface area contributed by atoms with Gasteiger partial charge in [0.2, 0.25) is 5.82 Å². The molecule has 0 aliphatic carbocycles. The molecule has 10 heteroatoms. The Hall–Kier alpha value is -1.65. The van der Waals surface area contributed by atoms with Gasteiger partial charge in [-0.05, 0) is 6.42 Å². The Kier molecular flexibility index (Phi) is 5.92. The number of nitrogens with one attached hydrogen (secondary N) is 2. The highest BCUT2D eigenvalue weighted by Gasteiger charge is 2.35. The molecule has 0 aliphatic heterocycles. The number of aliphatic hydroxyl groups excluding tert-OH is 1. The van der Waals surface area contributed by atoms with Crippen LogP contribution in [-0.4, -0.2) is 41.4 Å². The summed E-state index contributed by atoms with van der Waals surface area (Å²) < 4.78 is 42.8. The number of hydrogen-bond acceptors (Lipinski definition) is 7. The van der Waals surface area contributed by atoms with E-state index in [2.05, 4.69) is 15.3 Å². The maximum absolute atomic E-state index is 12.6. The lowest BCUT2D eigenvalue weighted by Gasteiger charge is -2.18. The van der Waals surface area contributed by atoms with Crippen LogP contribution in [0.3, 0.4) is 0 Å². The fourth-order valence-electron chi connectivity index (χ4n) is 1.49. The summed E-state index contributed by atoms with van der Waals surface area (Å²) >= 11 is 0. The predicted molar refractivity (Wildman–Crippen MR) is 65.8 cm³/mol. The van der Waals surface area contributed by atoms with Gasteiger partial charge in [-0.15, -0.1) is 0 Å². The molecule has 0 spiro atoms. The monoisotopic (exact) mass is 295 g/mol. The Balaban J connectivity index is 2.98. The molecule has 0 aromatic carbocycles. The van der Waals surface area contributed by atoms with Crippen molar-refractivity contribution in [3.8, 4) is 0 Å². The molecule has 1 aromatic heterocycles. The van der Waals surface area contributed by atoms with Gasteiger partial charge in [-0.1, -0.05) is 0 Å². The first-order valence-corrected chi connectivity index (χ1v) is 5.70. The van der Waals surface area contributed by atoms with E-state index in [0.717, 1.165) is 0 Å². The number of ether oxygens (including phenoxy) is 1. The summed E-state index contributed by atoms with van der Waals surface area (Å²) in [6.07, 6.45) is -4.39. The van der Waals surface area contributed by atoms with Crippen LogP contribution in [0.2, 0.25) is 0 Å². The molecule has 0 amide bonds. The molecule has 1 unspecified atom stereocenters. The highest BCUT2D eigenvalue weighted by molar-refractivity contribution is 5.47. The molecule has 0 saturated heterocycles. The second kappa shape index (κ2) is 7.22. The molecule has 0 bridgehead atoms. The van der Waals surface area contributed by atoms with Crippen LogP contribution in [0.5, 0.6) is 0 Å². The molecule has 1 heterocycles. The van der Waals surface area contributed by atoms with Gasteiger partial charge >= 0.3 is 6.18 Å². The zero-order valence-corrected chi connectivity index (χ0v) is 10.7. The summed E-state index contributed by atoms with van der Waals surface area (Å²) in [6.45, 7) is 0.0670. The second-order valence-electron chi connectivity index (χ2n) is 3.91. The summed E-state index contributed by atoms with van der Waals surface area (Å²) in [7, 11) is 1.44. The van der Waals surface area contributed by atoms with Gasteiger partial charge in [0.05, 0.1) is 12.6 Å². The van der Waals surface area contributed by atoms with Crippen LogP contribution < -0.4 is 16.6 Å². The summed E-state index contributed by atoms with van der Waals surface area (Å²) in [5, 5.41) is 11.6. The minimum absolute atomic E-state index is 0.0595. The number of nitrogen functional groups attached to an aromatic ring is 1. The van der Waals surface area contributed by atoms with Crippen LogP contribution in [0.15, 0.2) is 6.07 Å². The quantitative estimate of drug-likeness (QED) is 0.431. The van der Waals surface area contributed by atoms with Gasteiger partial charge < -0.3 is 20.6 Å². The topological polar surface area (TPSA) is 105 Å². The highest BCUT2D eigenvalue weighted by Crippen LogP contribution is 2.28. The number of nitrogens with two attached hydrogens (primary N) is 1. The largest absolute Gasteiger partial charge is 0.451 e. The SMILES string of the molecule is COCC(CCO)Nc1cc(NN)nc(C(F)(F)F)n1. The second-order valence-corrected chi connectivity index (χ2v) is 3.91. The van der Waals surface area contributed by atoms with Crippen molar-refractivity contribution in [2.24, 2.45) is 5.84 Å². The van der Waals surface area contributed by atoms with E-state index in [1.165, 1.54) is 13.2 Å². The molecule has 0 fully saturated rings. The van der Waals surface area contributed by atoms with Crippen molar-refractivity contribution in [2.75, 3.05) is 31.1 Å². The molecule has 20 heavy (non-hydrogen) atoms. The van der Waals surface area contributed by atoms with Gasteiger partial charge in [-0.25, -0.2) is 15.8 Å². The lowest BCUT2D eigenvalue weighted by atomic mass is 10.2.